The van der Waals surface area contributed by atoms with E-state index in [4.69, 9.17) is 0 Å². The maximum absolute atomic E-state index is 12.3. The molecule has 0 bridgehead atoms. The number of rotatable bonds is 2. The van der Waals surface area contributed by atoms with Crippen molar-refractivity contribution in [3.05, 3.63) is 41.7 Å². The molecule has 0 radical (unpaired) electrons. The molecule has 4 nitrogen and oxygen atoms in total. The molecule has 0 saturated carbocycles. The van der Waals surface area contributed by atoms with Gasteiger partial charge in [-0.15, -0.1) is 5.10 Å². The summed E-state index contributed by atoms with van der Waals surface area (Å²) in [6.45, 7) is 1.41. The van der Waals surface area contributed by atoms with E-state index < -0.39 is 11.9 Å². The lowest BCUT2D eigenvalue weighted by Crippen LogP contribution is -2.05. The van der Waals surface area contributed by atoms with Crippen molar-refractivity contribution in [2.45, 2.75) is 13.1 Å². The lowest BCUT2D eigenvalue weighted by Gasteiger charge is -2.01. The van der Waals surface area contributed by atoms with E-state index in [0.717, 1.165) is 10.9 Å². The summed E-state index contributed by atoms with van der Waals surface area (Å²) in [5, 5.41) is 6.43. The summed E-state index contributed by atoms with van der Waals surface area (Å²) in [7, 11) is 0. The van der Waals surface area contributed by atoms with Gasteiger partial charge >= 0.3 is 6.18 Å². The van der Waals surface area contributed by atoms with Crippen LogP contribution in [0.15, 0.2) is 30.5 Å². The number of carbonyl (C=O) groups is 1. The molecule has 0 aliphatic carbocycles. The Morgan fingerprint density at radius 2 is 1.83 bits per heavy atom. The van der Waals surface area contributed by atoms with Gasteiger partial charge < -0.3 is 0 Å². The second kappa shape index (κ2) is 4.25. The van der Waals surface area contributed by atoms with E-state index in [1.54, 1.807) is 0 Å². The van der Waals surface area contributed by atoms with Crippen molar-refractivity contribution in [2.24, 2.45) is 0 Å². The second-order valence-corrected chi connectivity index (χ2v) is 3.65. The van der Waals surface area contributed by atoms with Crippen LogP contribution in [0, 0.1) is 0 Å². The van der Waals surface area contributed by atoms with E-state index in [9.17, 15) is 18.0 Å². The van der Waals surface area contributed by atoms with E-state index in [1.807, 2.05) is 0 Å². The average Bonchev–Trinajstić information content (AvgIpc) is 2.78. The minimum atomic E-state index is -4.52. The highest BCUT2D eigenvalue weighted by Crippen LogP contribution is 2.27. The Labute approximate surface area is 100 Å². The fourth-order valence-electron chi connectivity index (χ4n) is 1.37. The Kier molecular flexibility index (Phi) is 2.90. The largest absolute Gasteiger partial charge is 0.436 e. The van der Waals surface area contributed by atoms with Gasteiger partial charge in [0.05, 0.1) is 11.9 Å². The molecule has 0 fully saturated rings. The zero-order chi connectivity index (χ0) is 13.3. The summed E-state index contributed by atoms with van der Waals surface area (Å²) in [5.74, 6) is -0.115. The second-order valence-electron chi connectivity index (χ2n) is 3.65. The summed E-state index contributed by atoms with van der Waals surface area (Å²) in [6.07, 6.45) is -3.72. The van der Waals surface area contributed by atoms with Crippen molar-refractivity contribution in [3.8, 4) is 5.69 Å². The summed E-state index contributed by atoms with van der Waals surface area (Å²) < 4.78 is 38.0. The number of hydrogen-bond acceptors (Lipinski definition) is 3. The highest BCUT2D eigenvalue weighted by molar-refractivity contribution is 5.94. The molecule has 2 rings (SSSR count). The van der Waals surface area contributed by atoms with Gasteiger partial charge in [0.2, 0.25) is 0 Å². The number of aromatic nitrogens is 3. The van der Waals surface area contributed by atoms with E-state index in [-0.39, 0.29) is 5.78 Å². The molecular weight excluding hydrogens is 247 g/mol. The van der Waals surface area contributed by atoms with E-state index in [2.05, 4.69) is 10.3 Å². The van der Waals surface area contributed by atoms with Gasteiger partial charge in [-0.2, -0.15) is 13.2 Å². The number of ketones is 1. The van der Waals surface area contributed by atoms with Gasteiger partial charge in [-0.25, -0.2) is 4.68 Å². The molecule has 0 amide bonds. The molecule has 0 unspecified atom stereocenters. The van der Waals surface area contributed by atoms with Gasteiger partial charge in [0, 0.05) is 5.56 Å². The first-order valence-corrected chi connectivity index (χ1v) is 4.99. The monoisotopic (exact) mass is 255 g/mol. The topological polar surface area (TPSA) is 47.8 Å². The molecule has 1 aromatic heterocycles. The zero-order valence-corrected chi connectivity index (χ0v) is 9.27. The standard InChI is InChI=1S/C11H8F3N3O/c1-7(18)8-2-4-9(5-3-8)17-6-10(15-16-17)11(12,13)14/h2-6H,1H3. The van der Waals surface area contributed by atoms with Crippen LogP contribution in [0.4, 0.5) is 13.2 Å². The van der Waals surface area contributed by atoms with Crippen LogP contribution >= 0.6 is 0 Å². The van der Waals surface area contributed by atoms with Crippen LogP contribution in [0.1, 0.15) is 23.0 Å². The lowest BCUT2D eigenvalue weighted by molar-refractivity contribution is -0.141. The first-order valence-electron chi connectivity index (χ1n) is 4.99. The molecule has 18 heavy (non-hydrogen) atoms. The Morgan fingerprint density at radius 1 is 1.22 bits per heavy atom. The van der Waals surface area contributed by atoms with Gasteiger partial charge in [-0.3, -0.25) is 4.79 Å². The van der Waals surface area contributed by atoms with Gasteiger partial charge in [0.1, 0.15) is 0 Å². The van der Waals surface area contributed by atoms with Crippen molar-refractivity contribution < 1.29 is 18.0 Å². The SMILES string of the molecule is CC(=O)c1ccc(-n2cc(C(F)(F)F)nn2)cc1. The molecule has 0 aliphatic rings. The summed E-state index contributed by atoms with van der Waals surface area (Å²) in [5.41, 5.74) is -0.170. The molecule has 0 spiro atoms. The molecule has 1 heterocycles. The van der Waals surface area contributed by atoms with Crippen molar-refractivity contribution in [1.29, 1.82) is 0 Å². The van der Waals surface area contributed by atoms with Crippen LogP contribution in [-0.4, -0.2) is 20.8 Å². The Bertz CT molecular complexity index is 572. The number of halogens is 3. The molecule has 0 atom stereocenters. The van der Waals surface area contributed by atoms with Crippen LogP contribution in [0.5, 0.6) is 0 Å². The first kappa shape index (κ1) is 12.3. The normalized spacial score (nSPS) is 11.6. The van der Waals surface area contributed by atoms with E-state index in [0.29, 0.717) is 11.3 Å². The molecule has 7 heteroatoms. The van der Waals surface area contributed by atoms with Crippen molar-refractivity contribution in [3.63, 3.8) is 0 Å². The quantitative estimate of drug-likeness (QED) is 0.774. The maximum Gasteiger partial charge on any atom is 0.436 e. The maximum atomic E-state index is 12.3. The Balaban J connectivity index is 2.32. The van der Waals surface area contributed by atoms with Crippen LogP contribution in [0.25, 0.3) is 5.69 Å². The number of alkyl halides is 3. The smallest absolute Gasteiger partial charge is 0.295 e. The predicted octanol–water partition coefficient (Wildman–Crippen LogP) is 2.49. The van der Waals surface area contributed by atoms with Gasteiger partial charge in [0.15, 0.2) is 11.5 Å². The molecular formula is C11H8F3N3O. The number of carbonyl (C=O) groups excluding carboxylic acids is 1. The zero-order valence-electron chi connectivity index (χ0n) is 9.27. The summed E-state index contributed by atoms with van der Waals surface area (Å²) in [6, 6.07) is 6.05. The third kappa shape index (κ3) is 2.39. The third-order valence-corrected chi connectivity index (χ3v) is 2.32. The minimum absolute atomic E-state index is 0.115. The van der Waals surface area contributed by atoms with E-state index >= 15 is 0 Å². The highest BCUT2D eigenvalue weighted by Gasteiger charge is 2.34. The number of nitrogens with zero attached hydrogens (tertiary/aromatic N) is 3. The predicted molar refractivity (Wildman–Crippen MR) is 56.4 cm³/mol. The van der Waals surface area contributed by atoms with Crippen molar-refractivity contribution in [2.75, 3.05) is 0 Å². The fraction of sp³-hybridized carbons (Fsp3) is 0.182. The summed E-state index contributed by atoms with van der Waals surface area (Å²) in [4.78, 5) is 11.0. The fourth-order valence-corrected chi connectivity index (χ4v) is 1.37. The average molecular weight is 255 g/mol. The minimum Gasteiger partial charge on any atom is -0.295 e. The van der Waals surface area contributed by atoms with Gasteiger partial charge in [0.25, 0.3) is 0 Å². The van der Waals surface area contributed by atoms with Crippen molar-refractivity contribution in [1.82, 2.24) is 15.0 Å². The number of benzene rings is 1. The van der Waals surface area contributed by atoms with Crippen LogP contribution in [0.2, 0.25) is 0 Å². The number of Topliss-reactive ketones (excluding diaryl/α,β-unsaturated/α-hetero) is 1. The summed E-state index contributed by atoms with van der Waals surface area (Å²) >= 11 is 0. The molecule has 0 N–H and O–H groups in total. The molecule has 0 aliphatic heterocycles. The first-order chi connectivity index (χ1) is 8.38. The van der Waals surface area contributed by atoms with Gasteiger partial charge in [-0.05, 0) is 31.2 Å². The highest BCUT2D eigenvalue weighted by atomic mass is 19.4. The Hall–Kier alpha value is -2.18. The molecule has 1 aromatic carbocycles. The Morgan fingerprint density at radius 3 is 2.28 bits per heavy atom. The van der Waals surface area contributed by atoms with Crippen LogP contribution < -0.4 is 0 Å². The molecule has 0 saturated heterocycles. The van der Waals surface area contributed by atoms with Crippen molar-refractivity contribution >= 4 is 5.78 Å². The third-order valence-electron chi connectivity index (χ3n) is 2.32. The van der Waals surface area contributed by atoms with E-state index in [1.165, 1.54) is 31.2 Å². The van der Waals surface area contributed by atoms with Crippen LogP contribution in [-0.2, 0) is 6.18 Å². The molecule has 94 valence electrons. The molecule has 2 aromatic rings. The number of hydrogen-bond donors (Lipinski definition) is 0. The lowest BCUT2D eigenvalue weighted by atomic mass is 10.1. The van der Waals surface area contributed by atoms with Crippen LogP contribution in [0.3, 0.4) is 0 Å². The van der Waals surface area contributed by atoms with Gasteiger partial charge in [-0.1, -0.05) is 5.21 Å².